The standard InChI is InChI=1S/C26H20ClNO7/c1-14(23(29)18-11-9-16(33-2)13-22(18)34-3)35-26(32)15-8-10-17-19(12-15)25(31)28(24(17)30)21-7-5-4-6-20(21)27/h4-14H,1-3H3/t14-/m0/s1. The number of anilines is 1. The topological polar surface area (TPSA) is 99.2 Å². The molecule has 1 aliphatic rings. The molecule has 35 heavy (non-hydrogen) atoms. The van der Waals surface area contributed by atoms with E-state index in [1.807, 2.05) is 0 Å². The van der Waals surface area contributed by atoms with Gasteiger partial charge in [0.1, 0.15) is 11.5 Å². The summed E-state index contributed by atoms with van der Waals surface area (Å²) in [7, 11) is 2.90. The van der Waals surface area contributed by atoms with E-state index in [0.717, 1.165) is 4.90 Å². The van der Waals surface area contributed by atoms with E-state index in [1.54, 1.807) is 36.4 Å². The third-order valence-electron chi connectivity index (χ3n) is 5.54. The summed E-state index contributed by atoms with van der Waals surface area (Å²) >= 11 is 6.17. The van der Waals surface area contributed by atoms with Crippen molar-refractivity contribution in [2.24, 2.45) is 0 Å². The van der Waals surface area contributed by atoms with Gasteiger partial charge in [-0.2, -0.15) is 0 Å². The van der Waals surface area contributed by atoms with Crippen LogP contribution < -0.4 is 14.4 Å². The Bertz CT molecular complexity index is 1370. The van der Waals surface area contributed by atoms with Crippen LogP contribution >= 0.6 is 11.6 Å². The number of benzene rings is 3. The first kappa shape index (κ1) is 24.0. The monoisotopic (exact) mass is 493 g/mol. The van der Waals surface area contributed by atoms with E-state index < -0.39 is 29.7 Å². The average Bonchev–Trinajstić information content (AvgIpc) is 3.12. The third kappa shape index (κ3) is 4.36. The maximum absolute atomic E-state index is 13.0. The Hall–Kier alpha value is -4.17. The van der Waals surface area contributed by atoms with Gasteiger partial charge in [-0.3, -0.25) is 14.4 Å². The van der Waals surface area contributed by atoms with Gasteiger partial charge in [0.05, 0.1) is 47.2 Å². The lowest BCUT2D eigenvalue weighted by Gasteiger charge is -2.15. The minimum absolute atomic E-state index is 0.0206. The smallest absolute Gasteiger partial charge is 0.338 e. The molecule has 0 spiro atoms. The highest BCUT2D eigenvalue weighted by Gasteiger charge is 2.38. The summed E-state index contributed by atoms with van der Waals surface area (Å²) < 4.78 is 15.7. The minimum atomic E-state index is -1.14. The highest BCUT2D eigenvalue weighted by atomic mass is 35.5. The molecule has 1 aliphatic heterocycles. The molecule has 0 bridgehead atoms. The Kier molecular flexibility index (Phi) is 6.57. The number of Topliss-reactive ketones (excluding diaryl/α,β-unsaturated/α-hetero) is 1. The number of hydrogen-bond donors (Lipinski definition) is 0. The van der Waals surface area contributed by atoms with E-state index in [0.29, 0.717) is 5.75 Å². The molecule has 0 unspecified atom stereocenters. The zero-order chi connectivity index (χ0) is 25.3. The van der Waals surface area contributed by atoms with Crippen LogP contribution in [-0.2, 0) is 4.74 Å². The highest BCUT2D eigenvalue weighted by Crippen LogP contribution is 2.33. The molecule has 1 atom stereocenters. The zero-order valence-electron chi connectivity index (χ0n) is 19.0. The Morgan fingerprint density at radius 2 is 1.60 bits per heavy atom. The molecule has 0 fully saturated rings. The Morgan fingerprint density at radius 3 is 2.29 bits per heavy atom. The molecule has 0 aromatic heterocycles. The van der Waals surface area contributed by atoms with Gasteiger partial charge in [0.15, 0.2) is 6.10 Å². The van der Waals surface area contributed by atoms with Crippen molar-refractivity contribution in [3.8, 4) is 11.5 Å². The average molecular weight is 494 g/mol. The number of para-hydroxylation sites is 1. The van der Waals surface area contributed by atoms with Crippen LogP contribution in [-0.4, -0.2) is 43.9 Å². The van der Waals surface area contributed by atoms with Gasteiger partial charge < -0.3 is 14.2 Å². The van der Waals surface area contributed by atoms with Crippen LogP contribution in [0.4, 0.5) is 5.69 Å². The quantitative estimate of drug-likeness (QED) is 0.270. The van der Waals surface area contributed by atoms with Crippen LogP contribution in [0.1, 0.15) is 48.4 Å². The summed E-state index contributed by atoms with van der Waals surface area (Å²) in [4.78, 5) is 52.5. The number of ether oxygens (including phenoxy) is 3. The van der Waals surface area contributed by atoms with E-state index in [2.05, 4.69) is 0 Å². The first-order chi connectivity index (χ1) is 16.8. The summed E-state index contributed by atoms with van der Waals surface area (Å²) in [5.41, 5.74) is 0.668. The number of nitrogens with zero attached hydrogens (tertiary/aromatic N) is 1. The van der Waals surface area contributed by atoms with Crippen molar-refractivity contribution in [3.05, 3.63) is 87.9 Å². The predicted molar refractivity (Wildman–Crippen MR) is 128 cm³/mol. The fraction of sp³-hybridized carbons (Fsp3) is 0.154. The maximum Gasteiger partial charge on any atom is 0.338 e. The van der Waals surface area contributed by atoms with Gasteiger partial charge in [-0.25, -0.2) is 9.69 Å². The second kappa shape index (κ2) is 9.60. The van der Waals surface area contributed by atoms with E-state index in [-0.39, 0.29) is 38.7 Å². The van der Waals surface area contributed by atoms with E-state index in [9.17, 15) is 19.2 Å². The zero-order valence-corrected chi connectivity index (χ0v) is 19.8. The van der Waals surface area contributed by atoms with Gasteiger partial charge in [0, 0.05) is 6.07 Å². The van der Waals surface area contributed by atoms with E-state index >= 15 is 0 Å². The van der Waals surface area contributed by atoms with Gasteiger partial charge >= 0.3 is 5.97 Å². The number of esters is 1. The van der Waals surface area contributed by atoms with Crippen LogP contribution in [0.2, 0.25) is 5.02 Å². The number of ketones is 1. The van der Waals surface area contributed by atoms with E-state index in [1.165, 1.54) is 45.4 Å². The summed E-state index contributed by atoms with van der Waals surface area (Å²) in [6.07, 6.45) is -1.14. The van der Waals surface area contributed by atoms with Gasteiger partial charge in [-0.1, -0.05) is 23.7 Å². The summed E-state index contributed by atoms with van der Waals surface area (Å²) in [5.74, 6) is -1.68. The van der Waals surface area contributed by atoms with Crippen molar-refractivity contribution in [1.82, 2.24) is 0 Å². The lowest BCUT2D eigenvalue weighted by molar-refractivity contribution is 0.0317. The number of carbonyl (C=O) groups excluding carboxylic acids is 4. The SMILES string of the molecule is COc1ccc(C(=O)[C@H](C)OC(=O)c2ccc3c(c2)C(=O)N(c2ccccc2Cl)C3=O)c(OC)c1. The first-order valence-electron chi connectivity index (χ1n) is 10.5. The fourth-order valence-electron chi connectivity index (χ4n) is 3.72. The molecule has 0 N–H and O–H groups in total. The fourth-order valence-corrected chi connectivity index (χ4v) is 3.94. The Labute approximate surface area is 206 Å². The number of methoxy groups -OCH3 is 2. The number of halogens is 1. The molecule has 0 aliphatic carbocycles. The second-order valence-corrected chi connectivity index (χ2v) is 8.04. The molecule has 3 aromatic rings. The number of hydrogen-bond acceptors (Lipinski definition) is 7. The predicted octanol–water partition coefficient (Wildman–Crippen LogP) is 4.59. The molecular weight excluding hydrogens is 474 g/mol. The van der Waals surface area contributed by atoms with Crippen molar-refractivity contribution < 1.29 is 33.4 Å². The van der Waals surface area contributed by atoms with Crippen LogP contribution in [0.3, 0.4) is 0 Å². The lowest BCUT2D eigenvalue weighted by atomic mass is 10.0. The van der Waals surface area contributed by atoms with Crippen molar-refractivity contribution in [2.45, 2.75) is 13.0 Å². The van der Waals surface area contributed by atoms with E-state index in [4.69, 9.17) is 25.8 Å². The Balaban J connectivity index is 1.55. The number of carbonyl (C=O) groups is 4. The van der Waals surface area contributed by atoms with Crippen LogP contribution in [0.5, 0.6) is 11.5 Å². The van der Waals surface area contributed by atoms with Crippen molar-refractivity contribution in [1.29, 1.82) is 0 Å². The summed E-state index contributed by atoms with van der Waals surface area (Å²) in [5, 5.41) is 0.239. The molecular formula is C26H20ClNO7. The molecule has 3 aromatic carbocycles. The first-order valence-corrected chi connectivity index (χ1v) is 10.9. The summed E-state index contributed by atoms with van der Waals surface area (Å²) in [6, 6.07) is 15.2. The number of rotatable bonds is 7. The van der Waals surface area contributed by atoms with Crippen LogP contribution in [0, 0.1) is 0 Å². The molecule has 1 heterocycles. The highest BCUT2D eigenvalue weighted by molar-refractivity contribution is 6.39. The third-order valence-corrected chi connectivity index (χ3v) is 5.86. The minimum Gasteiger partial charge on any atom is -0.497 e. The molecule has 4 rings (SSSR count). The number of fused-ring (bicyclic) bond motifs is 1. The van der Waals surface area contributed by atoms with Gasteiger partial charge in [0.25, 0.3) is 11.8 Å². The van der Waals surface area contributed by atoms with Crippen LogP contribution in [0.25, 0.3) is 0 Å². The van der Waals surface area contributed by atoms with Crippen LogP contribution in [0.15, 0.2) is 60.7 Å². The van der Waals surface area contributed by atoms with Gasteiger partial charge in [-0.05, 0) is 49.4 Å². The molecule has 178 valence electrons. The van der Waals surface area contributed by atoms with Crippen molar-refractivity contribution in [2.75, 3.05) is 19.1 Å². The van der Waals surface area contributed by atoms with Crippen molar-refractivity contribution in [3.63, 3.8) is 0 Å². The number of imide groups is 1. The Morgan fingerprint density at radius 1 is 0.886 bits per heavy atom. The molecule has 0 saturated heterocycles. The van der Waals surface area contributed by atoms with Gasteiger partial charge in [-0.15, -0.1) is 0 Å². The molecule has 0 radical (unpaired) electrons. The van der Waals surface area contributed by atoms with Crippen molar-refractivity contribution >= 4 is 40.9 Å². The maximum atomic E-state index is 13.0. The molecule has 0 saturated carbocycles. The largest absolute Gasteiger partial charge is 0.497 e. The van der Waals surface area contributed by atoms with Gasteiger partial charge in [0.2, 0.25) is 5.78 Å². The lowest BCUT2D eigenvalue weighted by Crippen LogP contribution is -2.29. The normalized spacial score (nSPS) is 13.3. The molecule has 8 nitrogen and oxygen atoms in total. The summed E-state index contributed by atoms with van der Waals surface area (Å²) in [6.45, 7) is 1.44. The molecule has 2 amide bonds. The number of amides is 2. The molecule has 9 heteroatoms. The second-order valence-electron chi connectivity index (χ2n) is 7.64.